The highest BCUT2D eigenvalue weighted by molar-refractivity contribution is 5.91. The van der Waals surface area contributed by atoms with Gasteiger partial charge in [-0.05, 0) is 24.6 Å². The van der Waals surface area contributed by atoms with Crippen LogP contribution in [-0.2, 0) is 0 Å². The number of benzene rings is 1. The SMILES string of the molecule is Cc1ccc(C(C#N)N(C)C(=O)c2ccco2)cc1. The fourth-order valence-corrected chi connectivity index (χ4v) is 1.82. The molecule has 0 spiro atoms. The smallest absolute Gasteiger partial charge is 0.290 e. The predicted molar refractivity (Wildman–Crippen MR) is 70.3 cm³/mol. The molecule has 2 rings (SSSR count). The molecule has 1 amide bonds. The molecule has 2 aromatic rings. The van der Waals surface area contributed by atoms with Crippen LogP contribution in [0.25, 0.3) is 0 Å². The van der Waals surface area contributed by atoms with Crippen molar-refractivity contribution in [1.29, 1.82) is 5.26 Å². The van der Waals surface area contributed by atoms with Crippen molar-refractivity contribution in [3.63, 3.8) is 0 Å². The third-order valence-corrected chi connectivity index (χ3v) is 2.95. The zero-order valence-corrected chi connectivity index (χ0v) is 10.8. The molecule has 0 aliphatic heterocycles. The number of carbonyl (C=O) groups is 1. The molecule has 1 aromatic heterocycles. The first-order valence-electron chi connectivity index (χ1n) is 5.90. The summed E-state index contributed by atoms with van der Waals surface area (Å²) in [5, 5.41) is 9.29. The fraction of sp³-hybridized carbons (Fsp3) is 0.200. The van der Waals surface area contributed by atoms with E-state index in [0.29, 0.717) is 0 Å². The summed E-state index contributed by atoms with van der Waals surface area (Å²) in [6.45, 7) is 1.98. The number of aryl methyl sites for hydroxylation is 1. The molecule has 19 heavy (non-hydrogen) atoms. The molecule has 0 saturated carbocycles. The number of hydrogen-bond donors (Lipinski definition) is 0. The number of amides is 1. The summed E-state index contributed by atoms with van der Waals surface area (Å²) in [6, 6.07) is 12.3. The molecule has 1 atom stereocenters. The molecule has 0 bridgehead atoms. The van der Waals surface area contributed by atoms with Gasteiger partial charge in [0.25, 0.3) is 5.91 Å². The number of carbonyl (C=O) groups excluding carboxylic acids is 1. The maximum atomic E-state index is 12.1. The predicted octanol–water partition coefficient (Wildman–Crippen LogP) is 2.92. The van der Waals surface area contributed by atoms with Crippen LogP contribution in [-0.4, -0.2) is 17.9 Å². The van der Waals surface area contributed by atoms with Crippen molar-refractivity contribution in [3.8, 4) is 6.07 Å². The summed E-state index contributed by atoms with van der Waals surface area (Å²) in [4.78, 5) is 13.5. The molecule has 0 N–H and O–H groups in total. The van der Waals surface area contributed by atoms with Crippen molar-refractivity contribution < 1.29 is 9.21 Å². The number of furan rings is 1. The summed E-state index contributed by atoms with van der Waals surface area (Å²) >= 11 is 0. The lowest BCUT2D eigenvalue weighted by molar-refractivity contribution is 0.0731. The van der Waals surface area contributed by atoms with Gasteiger partial charge in [-0.15, -0.1) is 0 Å². The lowest BCUT2D eigenvalue weighted by atomic mass is 10.0. The van der Waals surface area contributed by atoms with Gasteiger partial charge in [-0.25, -0.2) is 0 Å². The van der Waals surface area contributed by atoms with Gasteiger partial charge in [0.05, 0.1) is 12.3 Å². The molecular weight excluding hydrogens is 240 g/mol. The van der Waals surface area contributed by atoms with Gasteiger partial charge in [-0.1, -0.05) is 29.8 Å². The molecule has 0 fully saturated rings. The van der Waals surface area contributed by atoms with E-state index in [1.54, 1.807) is 19.2 Å². The van der Waals surface area contributed by atoms with E-state index >= 15 is 0 Å². The van der Waals surface area contributed by atoms with E-state index < -0.39 is 6.04 Å². The standard InChI is InChI=1S/C15H14N2O2/c1-11-5-7-12(8-6-11)13(10-16)17(2)15(18)14-4-3-9-19-14/h3-9,13H,1-2H3. The van der Waals surface area contributed by atoms with E-state index in [1.165, 1.54) is 11.2 Å². The van der Waals surface area contributed by atoms with Crippen molar-refractivity contribution in [2.75, 3.05) is 7.05 Å². The Morgan fingerprint density at radius 2 is 2.00 bits per heavy atom. The Hall–Kier alpha value is -2.54. The Morgan fingerprint density at radius 3 is 2.53 bits per heavy atom. The van der Waals surface area contributed by atoms with Crippen LogP contribution in [0, 0.1) is 18.3 Å². The first-order chi connectivity index (χ1) is 9.13. The van der Waals surface area contributed by atoms with E-state index in [9.17, 15) is 10.1 Å². The second-order valence-electron chi connectivity index (χ2n) is 4.34. The van der Waals surface area contributed by atoms with E-state index in [0.717, 1.165) is 11.1 Å². The zero-order chi connectivity index (χ0) is 13.8. The van der Waals surface area contributed by atoms with Crippen molar-refractivity contribution in [2.24, 2.45) is 0 Å². The van der Waals surface area contributed by atoms with Crippen molar-refractivity contribution in [2.45, 2.75) is 13.0 Å². The second kappa shape index (κ2) is 5.40. The van der Waals surface area contributed by atoms with Crippen LogP contribution in [0.2, 0.25) is 0 Å². The van der Waals surface area contributed by atoms with Crippen LogP contribution in [0.3, 0.4) is 0 Å². The molecule has 0 saturated heterocycles. The third-order valence-electron chi connectivity index (χ3n) is 2.95. The lowest BCUT2D eigenvalue weighted by Gasteiger charge is -2.22. The van der Waals surface area contributed by atoms with Crippen LogP contribution < -0.4 is 0 Å². The van der Waals surface area contributed by atoms with E-state index in [2.05, 4.69) is 6.07 Å². The molecular formula is C15H14N2O2. The topological polar surface area (TPSA) is 57.2 Å². The van der Waals surface area contributed by atoms with Crippen molar-refractivity contribution in [1.82, 2.24) is 4.90 Å². The summed E-state index contributed by atoms with van der Waals surface area (Å²) < 4.78 is 5.07. The molecule has 1 unspecified atom stereocenters. The van der Waals surface area contributed by atoms with Crippen LogP contribution in [0.5, 0.6) is 0 Å². The van der Waals surface area contributed by atoms with Gasteiger partial charge in [0, 0.05) is 7.05 Å². The Balaban J connectivity index is 2.25. The molecule has 0 aliphatic carbocycles. The molecule has 1 heterocycles. The minimum atomic E-state index is -0.627. The second-order valence-corrected chi connectivity index (χ2v) is 4.34. The summed E-state index contributed by atoms with van der Waals surface area (Å²) in [7, 11) is 1.60. The van der Waals surface area contributed by atoms with Gasteiger partial charge in [0.15, 0.2) is 5.76 Å². The Labute approximate surface area is 111 Å². The molecule has 0 aliphatic rings. The first kappa shape index (κ1) is 12.9. The Kier molecular flexibility index (Phi) is 3.67. The largest absolute Gasteiger partial charge is 0.459 e. The van der Waals surface area contributed by atoms with Gasteiger partial charge in [0.1, 0.15) is 6.04 Å². The molecule has 1 aromatic carbocycles. The van der Waals surface area contributed by atoms with Gasteiger partial charge >= 0.3 is 0 Å². The molecule has 0 radical (unpaired) electrons. The third kappa shape index (κ3) is 2.66. The maximum absolute atomic E-state index is 12.1. The van der Waals surface area contributed by atoms with E-state index in [-0.39, 0.29) is 11.7 Å². The van der Waals surface area contributed by atoms with Crippen LogP contribution in [0.15, 0.2) is 47.1 Å². The fourth-order valence-electron chi connectivity index (χ4n) is 1.82. The minimum absolute atomic E-state index is 0.231. The summed E-state index contributed by atoms with van der Waals surface area (Å²) in [5.41, 5.74) is 1.90. The van der Waals surface area contributed by atoms with Gasteiger partial charge in [-0.2, -0.15) is 5.26 Å². The summed E-state index contributed by atoms with van der Waals surface area (Å²) in [6.07, 6.45) is 1.44. The lowest BCUT2D eigenvalue weighted by Crippen LogP contribution is -2.30. The van der Waals surface area contributed by atoms with Crippen LogP contribution in [0.1, 0.15) is 27.7 Å². The zero-order valence-electron chi connectivity index (χ0n) is 10.8. The minimum Gasteiger partial charge on any atom is -0.459 e. The number of rotatable bonds is 3. The molecule has 96 valence electrons. The van der Waals surface area contributed by atoms with Crippen LogP contribution >= 0.6 is 0 Å². The quantitative estimate of drug-likeness (QED) is 0.846. The van der Waals surface area contributed by atoms with Gasteiger partial charge in [0.2, 0.25) is 0 Å². The van der Waals surface area contributed by atoms with Gasteiger partial charge in [-0.3, -0.25) is 4.79 Å². The number of nitriles is 1. The number of nitrogens with zero attached hydrogens (tertiary/aromatic N) is 2. The highest BCUT2D eigenvalue weighted by Gasteiger charge is 2.23. The normalized spacial score (nSPS) is 11.6. The highest BCUT2D eigenvalue weighted by atomic mass is 16.3. The average Bonchev–Trinajstić information content (AvgIpc) is 2.94. The highest BCUT2D eigenvalue weighted by Crippen LogP contribution is 2.21. The number of hydrogen-bond acceptors (Lipinski definition) is 3. The Bertz CT molecular complexity index is 594. The van der Waals surface area contributed by atoms with Gasteiger partial charge < -0.3 is 9.32 Å². The van der Waals surface area contributed by atoms with E-state index in [1.807, 2.05) is 31.2 Å². The monoisotopic (exact) mass is 254 g/mol. The molecule has 4 heteroatoms. The average molecular weight is 254 g/mol. The maximum Gasteiger partial charge on any atom is 0.290 e. The Morgan fingerprint density at radius 1 is 1.32 bits per heavy atom. The summed E-state index contributed by atoms with van der Waals surface area (Å²) in [5.74, 6) is -0.0769. The van der Waals surface area contributed by atoms with E-state index in [4.69, 9.17) is 4.42 Å². The van der Waals surface area contributed by atoms with Crippen LogP contribution in [0.4, 0.5) is 0 Å². The van der Waals surface area contributed by atoms with Crippen molar-refractivity contribution >= 4 is 5.91 Å². The first-order valence-corrected chi connectivity index (χ1v) is 5.90. The van der Waals surface area contributed by atoms with Crippen molar-refractivity contribution in [3.05, 3.63) is 59.5 Å². The molecule has 4 nitrogen and oxygen atoms in total.